The van der Waals surface area contributed by atoms with Gasteiger partial charge in [0.1, 0.15) is 17.2 Å². The first-order chi connectivity index (χ1) is 16.4. The first-order valence-corrected chi connectivity index (χ1v) is 11.4. The summed E-state index contributed by atoms with van der Waals surface area (Å²) in [5, 5.41) is 4.88. The Hall–Kier alpha value is -4.12. The van der Waals surface area contributed by atoms with Crippen LogP contribution in [-0.4, -0.2) is 21.7 Å². The van der Waals surface area contributed by atoms with Crippen molar-refractivity contribution in [2.75, 3.05) is 0 Å². The van der Waals surface area contributed by atoms with E-state index < -0.39 is 0 Å². The Kier molecular flexibility index (Phi) is 5.54. The monoisotopic (exact) mass is 450 g/mol. The van der Waals surface area contributed by atoms with Gasteiger partial charge in [-0.2, -0.15) is 5.10 Å². The summed E-state index contributed by atoms with van der Waals surface area (Å²) in [4.78, 5) is 13.0. The second-order valence-corrected chi connectivity index (χ2v) is 8.80. The molecule has 0 saturated heterocycles. The lowest BCUT2D eigenvalue weighted by Gasteiger charge is -2.13. The predicted molar refractivity (Wildman–Crippen MR) is 134 cm³/mol. The lowest BCUT2D eigenvalue weighted by atomic mass is 10.0. The van der Waals surface area contributed by atoms with Gasteiger partial charge in [-0.05, 0) is 81.8 Å². The molecule has 0 aliphatic carbocycles. The van der Waals surface area contributed by atoms with E-state index in [9.17, 15) is 4.79 Å². The zero-order chi connectivity index (χ0) is 23.8. The fourth-order valence-corrected chi connectivity index (χ4v) is 4.06. The minimum Gasteiger partial charge on any atom is -0.491 e. The molecule has 3 aromatic carbocycles. The minimum absolute atomic E-state index is 0.0953. The summed E-state index contributed by atoms with van der Waals surface area (Å²) < 4.78 is 13.7. The molecule has 1 aliphatic heterocycles. The van der Waals surface area contributed by atoms with Crippen molar-refractivity contribution in [3.63, 3.8) is 0 Å². The van der Waals surface area contributed by atoms with Crippen molar-refractivity contribution in [2.24, 2.45) is 0 Å². The van der Waals surface area contributed by atoms with E-state index in [1.165, 1.54) is 0 Å². The smallest absolute Gasteiger partial charge is 0.231 e. The molecular formula is C29H26N2O3. The van der Waals surface area contributed by atoms with Gasteiger partial charge in [0.05, 0.1) is 17.4 Å². The molecule has 2 heterocycles. The van der Waals surface area contributed by atoms with Crippen LogP contribution in [0.2, 0.25) is 0 Å². The minimum atomic E-state index is -0.117. The average molecular weight is 451 g/mol. The van der Waals surface area contributed by atoms with E-state index in [1.807, 2.05) is 99.2 Å². The molecule has 1 aromatic heterocycles. The molecule has 0 radical (unpaired) electrons. The molecular weight excluding hydrogens is 424 g/mol. The molecule has 0 unspecified atom stereocenters. The maximum atomic E-state index is 13.0. The Morgan fingerprint density at radius 2 is 1.79 bits per heavy atom. The van der Waals surface area contributed by atoms with Gasteiger partial charge < -0.3 is 9.47 Å². The number of rotatable bonds is 5. The number of aromatic nitrogens is 2. The third-order valence-electron chi connectivity index (χ3n) is 5.68. The highest BCUT2D eigenvalue weighted by atomic mass is 16.5. The van der Waals surface area contributed by atoms with Crippen LogP contribution in [0.1, 0.15) is 40.9 Å². The summed E-state index contributed by atoms with van der Waals surface area (Å²) in [6.45, 7) is 8.01. The number of aryl methyl sites for hydroxylation is 2. The molecule has 170 valence electrons. The van der Waals surface area contributed by atoms with Crippen LogP contribution in [0.3, 0.4) is 0 Å². The Labute approximate surface area is 199 Å². The van der Waals surface area contributed by atoms with Gasteiger partial charge in [0.15, 0.2) is 5.76 Å². The molecule has 34 heavy (non-hydrogen) atoms. The largest absolute Gasteiger partial charge is 0.491 e. The summed E-state index contributed by atoms with van der Waals surface area (Å²) in [6.07, 6.45) is 3.81. The van der Waals surface area contributed by atoms with Gasteiger partial charge in [0, 0.05) is 17.3 Å². The first-order valence-electron chi connectivity index (χ1n) is 11.4. The van der Waals surface area contributed by atoms with E-state index >= 15 is 0 Å². The van der Waals surface area contributed by atoms with E-state index in [2.05, 4.69) is 6.07 Å². The van der Waals surface area contributed by atoms with Gasteiger partial charge in [-0.1, -0.05) is 29.8 Å². The standard InChI is InChI=1S/C29H26N2O3/c1-18(2)33-25-13-11-21(15-20(25)4)28-22(17-31(30-28)23-8-6-5-7-9-23)16-27-29(32)24-14-19(3)10-12-26(24)34-27/h5-18H,1-4H3/b27-16-. The number of allylic oxidation sites excluding steroid dienone is 1. The van der Waals surface area contributed by atoms with Gasteiger partial charge in [-0.15, -0.1) is 0 Å². The maximum Gasteiger partial charge on any atom is 0.231 e. The molecule has 5 nitrogen and oxygen atoms in total. The molecule has 5 rings (SSSR count). The number of nitrogens with zero attached hydrogens (tertiary/aromatic N) is 2. The van der Waals surface area contributed by atoms with Crippen molar-refractivity contribution in [3.8, 4) is 28.4 Å². The number of para-hydroxylation sites is 1. The zero-order valence-electron chi connectivity index (χ0n) is 19.7. The number of ether oxygens (including phenoxy) is 2. The SMILES string of the molecule is Cc1ccc2c(c1)C(=O)/C(=C/c1cn(-c3ccccc3)nc1-c1ccc(OC(C)C)c(C)c1)O2. The highest BCUT2D eigenvalue weighted by molar-refractivity contribution is 6.14. The Bertz CT molecular complexity index is 1410. The number of carbonyl (C=O) groups is 1. The van der Waals surface area contributed by atoms with Crippen LogP contribution in [0.4, 0.5) is 0 Å². The second-order valence-electron chi connectivity index (χ2n) is 8.80. The van der Waals surface area contributed by atoms with Crippen LogP contribution in [0.15, 0.2) is 78.7 Å². The van der Waals surface area contributed by atoms with Gasteiger partial charge in [-0.3, -0.25) is 4.79 Å². The van der Waals surface area contributed by atoms with Crippen molar-refractivity contribution in [1.82, 2.24) is 9.78 Å². The summed E-state index contributed by atoms with van der Waals surface area (Å²) in [5.74, 6) is 1.62. The fraction of sp³-hybridized carbons (Fsp3) is 0.172. The molecule has 1 aliphatic rings. The predicted octanol–water partition coefficient (Wildman–Crippen LogP) is 6.56. The summed E-state index contributed by atoms with van der Waals surface area (Å²) >= 11 is 0. The molecule has 0 N–H and O–H groups in total. The first kappa shape index (κ1) is 21.7. The van der Waals surface area contributed by atoms with E-state index in [-0.39, 0.29) is 11.9 Å². The van der Waals surface area contributed by atoms with Crippen molar-refractivity contribution in [3.05, 3.63) is 101 Å². The highest BCUT2D eigenvalue weighted by Crippen LogP contribution is 2.35. The number of fused-ring (bicyclic) bond motifs is 1. The van der Waals surface area contributed by atoms with Crippen LogP contribution < -0.4 is 9.47 Å². The fourth-order valence-electron chi connectivity index (χ4n) is 4.06. The summed E-state index contributed by atoms with van der Waals surface area (Å²) in [5.41, 5.74) is 6.07. The topological polar surface area (TPSA) is 53.4 Å². The second kappa shape index (κ2) is 8.67. The van der Waals surface area contributed by atoms with Crippen LogP contribution in [0.5, 0.6) is 11.5 Å². The maximum absolute atomic E-state index is 13.0. The van der Waals surface area contributed by atoms with Crippen LogP contribution in [0.25, 0.3) is 23.0 Å². The molecule has 0 atom stereocenters. The van der Waals surface area contributed by atoms with Crippen LogP contribution >= 0.6 is 0 Å². The number of hydrogen-bond acceptors (Lipinski definition) is 4. The summed E-state index contributed by atoms with van der Waals surface area (Å²) in [6, 6.07) is 21.6. The number of benzene rings is 3. The van der Waals surface area contributed by atoms with Crippen LogP contribution in [-0.2, 0) is 0 Å². The number of ketones is 1. The Balaban J connectivity index is 1.60. The summed E-state index contributed by atoms with van der Waals surface area (Å²) in [7, 11) is 0. The molecule has 0 fully saturated rings. The number of carbonyl (C=O) groups excluding carboxylic acids is 1. The molecule has 0 bridgehead atoms. The lowest BCUT2D eigenvalue weighted by Crippen LogP contribution is -2.06. The van der Waals surface area contributed by atoms with E-state index in [4.69, 9.17) is 14.6 Å². The van der Waals surface area contributed by atoms with Gasteiger partial charge in [-0.25, -0.2) is 4.68 Å². The van der Waals surface area contributed by atoms with E-state index in [1.54, 1.807) is 6.08 Å². The van der Waals surface area contributed by atoms with Crippen molar-refractivity contribution < 1.29 is 14.3 Å². The van der Waals surface area contributed by atoms with Gasteiger partial charge >= 0.3 is 0 Å². The van der Waals surface area contributed by atoms with E-state index in [0.717, 1.165) is 39.4 Å². The number of hydrogen-bond donors (Lipinski definition) is 0. The third kappa shape index (κ3) is 4.13. The molecule has 0 saturated carbocycles. The molecule has 4 aromatic rings. The quantitative estimate of drug-likeness (QED) is 0.323. The molecule has 0 spiro atoms. The highest BCUT2D eigenvalue weighted by Gasteiger charge is 2.28. The van der Waals surface area contributed by atoms with Crippen molar-refractivity contribution in [1.29, 1.82) is 0 Å². The van der Waals surface area contributed by atoms with Crippen LogP contribution in [0, 0.1) is 13.8 Å². The lowest BCUT2D eigenvalue weighted by molar-refractivity contribution is 0.101. The van der Waals surface area contributed by atoms with E-state index in [0.29, 0.717) is 17.1 Å². The van der Waals surface area contributed by atoms with Gasteiger partial charge in [0.2, 0.25) is 5.78 Å². The molecule has 0 amide bonds. The number of Topliss-reactive ketones (excluding diaryl/α,β-unsaturated/α-hetero) is 1. The zero-order valence-corrected chi connectivity index (χ0v) is 19.7. The average Bonchev–Trinajstić information content (AvgIpc) is 3.37. The molecule has 5 heteroatoms. The van der Waals surface area contributed by atoms with Crippen molar-refractivity contribution in [2.45, 2.75) is 33.8 Å². The Morgan fingerprint density at radius 1 is 1.00 bits per heavy atom. The normalized spacial score (nSPS) is 13.9. The Morgan fingerprint density at radius 3 is 2.53 bits per heavy atom. The van der Waals surface area contributed by atoms with Crippen molar-refractivity contribution >= 4 is 11.9 Å². The third-order valence-corrected chi connectivity index (χ3v) is 5.68. The van der Waals surface area contributed by atoms with Gasteiger partial charge in [0.25, 0.3) is 0 Å².